The van der Waals surface area contributed by atoms with Crippen molar-refractivity contribution in [2.45, 2.75) is 19.3 Å². The Labute approximate surface area is 109 Å². The molecule has 1 aromatic carbocycles. The number of halogens is 2. The third-order valence-corrected chi connectivity index (χ3v) is 3.94. The van der Waals surface area contributed by atoms with Crippen molar-refractivity contribution in [1.82, 2.24) is 5.32 Å². The monoisotopic (exact) mass is 299 g/mol. The Morgan fingerprint density at radius 2 is 2.12 bits per heavy atom. The fraction of sp³-hybridized carbons (Fsp3) is 0.462. The van der Waals surface area contributed by atoms with Gasteiger partial charge in [0.1, 0.15) is 11.6 Å². The molecule has 0 radical (unpaired) electrons. The normalized spacial score (nSPS) is 17.1. The quantitative estimate of drug-likeness (QED) is 0.930. The number of Topliss-reactive ketones (excluding diaryl/α,β-unsaturated/α-hetero) is 1. The van der Waals surface area contributed by atoms with Gasteiger partial charge in [-0.3, -0.25) is 4.79 Å². The second-order valence-corrected chi connectivity index (χ2v) is 5.26. The molecule has 4 heteroatoms. The van der Waals surface area contributed by atoms with Gasteiger partial charge in [-0.05, 0) is 49.7 Å². The van der Waals surface area contributed by atoms with Gasteiger partial charge in [0.15, 0.2) is 0 Å². The van der Waals surface area contributed by atoms with E-state index >= 15 is 0 Å². The molecule has 92 valence electrons. The van der Waals surface area contributed by atoms with E-state index in [0.29, 0.717) is 6.42 Å². The van der Waals surface area contributed by atoms with Gasteiger partial charge in [-0.2, -0.15) is 0 Å². The second kappa shape index (κ2) is 5.74. The van der Waals surface area contributed by atoms with Crippen molar-refractivity contribution in [3.8, 4) is 0 Å². The van der Waals surface area contributed by atoms with Gasteiger partial charge in [-0.1, -0.05) is 15.9 Å². The zero-order valence-corrected chi connectivity index (χ0v) is 11.1. The van der Waals surface area contributed by atoms with Crippen LogP contribution in [0, 0.1) is 11.7 Å². The first-order valence-corrected chi connectivity index (χ1v) is 6.63. The Morgan fingerprint density at radius 1 is 1.41 bits per heavy atom. The molecule has 0 bridgehead atoms. The summed E-state index contributed by atoms with van der Waals surface area (Å²) in [5.74, 6) is 0.0607. The minimum absolute atomic E-state index is 0.131. The summed E-state index contributed by atoms with van der Waals surface area (Å²) in [6.07, 6.45) is 2.11. The van der Waals surface area contributed by atoms with Gasteiger partial charge in [0.05, 0.1) is 0 Å². The molecule has 1 saturated heterocycles. The first kappa shape index (κ1) is 12.7. The third-order valence-electron chi connectivity index (χ3n) is 3.17. The zero-order chi connectivity index (χ0) is 12.3. The van der Waals surface area contributed by atoms with E-state index in [0.717, 1.165) is 36.0 Å². The van der Waals surface area contributed by atoms with Gasteiger partial charge in [0, 0.05) is 16.8 Å². The van der Waals surface area contributed by atoms with Crippen molar-refractivity contribution in [3.05, 3.63) is 34.1 Å². The highest BCUT2D eigenvalue weighted by molar-refractivity contribution is 9.10. The van der Waals surface area contributed by atoms with Gasteiger partial charge in [0.25, 0.3) is 0 Å². The molecule has 0 amide bonds. The molecule has 1 aliphatic heterocycles. The van der Waals surface area contributed by atoms with Crippen molar-refractivity contribution in [2.75, 3.05) is 13.1 Å². The van der Waals surface area contributed by atoms with Crippen molar-refractivity contribution >= 4 is 21.7 Å². The Morgan fingerprint density at radius 3 is 2.82 bits per heavy atom. The molecule has 0 saturated carbocycles. The van der Waals surface area contributed by atoms with Crippen LogP contribution >= 0.6 is 15.9 Å². The minimum atomic E-state index is -0.290. The Balaban J connectivity index is 2.04. The smallest absolute Gasteiger partial charge is 0.140 e. The Kier molecular flexibility index (Phi) is 4.29. The van der Waals surface area contributed by atoms with E-state index in [-0.39, 0.29) is 17.5 Å². The number of carbonyl (C=O) groups excluding carboxylic acids is 1. The molecular formula is C13H15BrFNO. The van der Waals surface area contributed by atoms with E-state index in [1.165, 1.54) is 12.1 Å². The summed E-state index contributed by atoms with van der Waals surface area (Å²) in [5, 5.41) is 3.23. The van der Waals surface area contributed by atoms with Crippen LogP contribution in [0.25, 0.3) is 0 Å². The highest BCUT2D eigenvalue weighted by atomic mass is 79.9. The predicted octanol–water partition coefficient (Wildman–Crippen LogP) is 2.70. The van der Waals surface area contributed by atoms with Crippen LogP contribution in [-0.4, -0.2) is 18.9 Å². The molecule has 2 rings (SSSR count). The first-order valence-electron chi connectivity index (χ1n) is 5.84. The van der Waals surface area contributed by atoms with Crippen LogP contribution in [0.4, 0.5) is 4.39 Å². The highest BCUT2D eigenvalue weighted by Crippen LogP contribution is 2.22. The molecule has 2 nitrogen and oxygen atoms in total. The number of rotatable bonds is 3. The number of carbonyl (C=O) groups is 1. The van der Waals surface area contributed by atoms with E-state index in [1.807, 2.05) is 0 Å². The zero-order valence-electron chi connectivity index (χ0n) is 9.51. The van der Waals surface area contributed by atoms with E-state index < -0.39 is 0 Å². The minimum Gasteiger partial charge on any atom is -0.317 e. The van der Waals surface area contributed by atoms with Crippen molar-refractivity contribution in [3.63, 3.8) is 0 Å². The summed E-state index contributed by atoms with van der Waals surface area (Å²) in [5.41, 5.74) is 0.744. The van der Waals surface area contributed by atoms with E-state index in [9.17, 15) is 9.18 Å². The first-order chi connectivity index (χ1) is 8.16. The second-order valence-electron chi connectivity index (χ2n) is 4.40. The summed E-state index contributed by atoms with van der Waals surface area (Å²) in [6.45, 7) is 1.81. The van der Waals surface area contributed by atoms with Crippen LogP contribution in [0.5, 0.6) is 0 Å². The van der Waals surface area contributed by atoms with Crippen molar-refractivity contribution in [2.24, 2.45) is 5.92 Å². The Bertz CT molecular complexity index is 416. The lowest BCUT2D eigenvalue weighted by atomic mass is 9.90. The van der Waals surface area contributed by atoms with E-state index in [1.54, 1.807) is 6.07 Å². The van der Waals surface area contributed by atoms with Crippen LogP contribution in [0.1, 0.15) is 18.4 Å². The van der Waals surface area contributed by atoms with Gasteiger partial charge in [-0.25, -0.2) is 4.39 Å². The van der Waals surface area contributed by atoms with Gasteiger partial charge in [0.2, 0.25) is 0 Å². The predicted molar refractivity (Wildman–Crippen MR) is 68.4 cm³/mol. The molecule has 0 unspecified atom stereocenters. The average molecular weight is 300 g/mol. The molecule has 17 heavy (non-hydrogen) atoms. The molecule has 0 spiro atoms. The maximum absolute atomic E-state index is 13.1. The largest absolute Gasteiger partial charge is 0.317 e. The third kappa shape index (κ3) is 3.36. The lowest BCUT2D eigenvalue weighted by molar-refractivity contribution is -0.122. The SMILES string of the molecule is O=C(Cc1cc(F)ccc1Br)C1CCNCC1. The summed E-state index contributed by atoms with van der Waals surface area (Å²) in [6, 6.07) is 4.48. The van der Waals surface area contributed by atoms with Crippen LogP contribution in [0.15, 0.2) is 22.7 Å². The molecule has 0 aromatic heterocycles. The van der Waals surface area contributed by atoms with Crippen LogP contribution in [0.2, 0.25) is 0 Å². The lowest BCUT2D eigenvalue weighted by Gasteiger charge is -2.21. The maximum Gasteiger partial charge on any atom is 0.140 e. The fourth-order valence-corrected chi connectivity index (χ4v) is 2.54. The molecule has 1 fully saturated rings. The van der Waals surface area contributed by atoms with E-state index in [2.05, 4.69) is 21.2 Å². The molecule has 0 atom stereocenters. The summed E-state index contributed by atoms with van der Waals surface area (Å²) in [7, 11) is 0. The van der Waals surface area contributed by atoms with Gasteiger partial charge in [-0.15, -0.1) is 0 Å². The van der Waals surface area contributed by atoms with E-state index in [4.69, 9.17) is 0 Å². The molecule has 1 aromatic rings. The molecule has 0 aliphatic carbocycles. The standard InChI is InChI=1S/C13H15BrFNO/c14-12-2-1-11(15)7-10(12)8-13(17)9-3-5-16-6-4-9/h1-2,7,9,16H,3-6,8H2. The van der Waals surface area contributed by atoms with Crippen LogP contribution < -0.4 is 5.32 Å². The van der Waals surface area contributed by atoms with Gasteiger partial charge >= 0.3 is 0 Å². The van der Waals surface area contributed by atoms with Crippen molar-refractivity contribution < 1.29 is 9.18 Å². The maximum atomic E-state index is 13.1. The molecule has 1 N–H and O–H groups in total. The van der Waals surface area contributed by atoms with Crippen LogP contribution in [0.3, 0.4) is 0 Å². The number of hydrogen-bond donors (Lipinski definition) is 1. The molecule has 1 heterocycles. The summed E-state index contributed by atoms with van der Waals surface area (Å²) in [4.78, 5) is 12.1. The topological polar surface area (TPSA) is 29.1 Å². The lowest BCUT2D eigenvalue weighted by Crippen LogP contribution is -2.32. The number of hydrogen-bond acceptors (Lipinski definition) is 2. The summed E-state index contributed by atoms with van der Waals surface area (Å²) >= 11 is 3.35. The van der Waals surface area contributed by atoms with Gasteiger partial charge < -0.3 is 5.32 Å². The van der Waals surface area contributed by atoms with Crippen LogP contribution in [-0.2, 0) is 11.2 Å². The fourth-order valence-electron chi connectivity index (χ4n) is 2.15. The molecule has 1 aliphatic rings. The summed E-state index contributed by atoms with van der Waals surface area (Å²) < 4.78 is 13.9. The number of nitrogens with one attached hydrogen (secondary N) is 1. The van der Waals surface area contributed by atoms with Crippen molar-refractivity contribution in [1.29, 1.82) is 0 Å². The average Bonchev–Trinajstić information content (AvgIpc) is 2.35. The highest BCUT2D eigenvalue weighted by Gasteiger charge is 2.21. The number of benzene rings is 1. The number of piperidine rings is 1. The Hall–Kier alpha value is -0.740. The number of ketones is 1. The molecular weight excluding hydrogens is 285 g/mol.